The molecule has 0 aliphatic carbocycles. The van der Waals surface area contributed by atoms with Crippen molar-refractivity contribution in [3.05, 3.63) is 0 Å². The molecule has 0 aromatic heterocycles. The van der Waals surface area contributed by atoms with Gasteiger partial charge in [-0.15, -0.1) is 6.42 Å². The molecule has 6 heteroatoms. The lowest BCUT2D eigenvalue weighted by Crippen LogP contribution is -2.40. The van der Waals surface area contributed by atoms with Gasteiger partial charge < -0.3 is 16.2 Å². The molecule has 0 saturated carbocycles. The Morgan fingerprint density at radius 3 is 2.43 bits per heavy atom. The summed E-state index contributed by atoms with van der Waals surface area (Å²) in [6.45, 7) is 0. The highest BCUT2D eigenvalue weighted by atomic mass is 16.4. The van der Waals surface area contributed by atoms with Crippen LogP contribution in [0.2, 0.25) is 0 Å². The van der Waals surface area contributed by atoms with Crippen LogP contribution < -0.4 is 11.1 Å². The standard InChI is InChI=1S/C8H10N2O4/c1-2-7(12)10-5(8(13)14)3-4-6(9)11/h1,5H,3-4H2,(H2,9,11)(H,10,12)(H,13,14). The fraction of sp³-hybridized carbons (Fsp3) is 0.375. The maximum Gasteiger partial charge on any atom is 0.326 e. The largest absolute Gasteiger partial charge is 0.480 e. The highest BCUT2D eigenvalue weighted by molar-refractivity contribution is 5.95. The Hall–Kier alpha value is -2.03. The van der Waals surface area contributed by atoms with Gasteiger partial charge in [-0.25, -0.2) is 4.79 Å². The van der Waals surface area contributed by atoms with Gasteiger partial charge in [0, 0.05) is 6.42 Å². The number of primary amides is 1. The molecule has 1 unspecified atom stereocenters. The zero-order valence-corrected chi connectivity index (χ0v) is 7.32. The van der Waals surface area contributed by atoms with E-state index < -0.39 is 23.8 Å². The summed E-state index contributed by atoms with van der Waals surface area (Å²) in [5.74, 6) is -1.01. The Labute approximate surface area is 80.5 Å². The number of terminal acetylenes is 1. The van der Waals surface area contributed by atoms with E-state index in [0.29, 0.717) is 0 Å². The topological polar surface area (TPSA) is 109 Å². The minimum atomic E-state index is -1.25. The maximum atomic E-state index is 10.6. The van der Waals surface area contributed by atoms with Crippen molar-refractivity contribution in [1.82, 2.24) is 5.32 Å². The average Bonchev–Trinajstić information content (AvgIpc) is 2.10. The molecule has 0 aromatic rings. The highest BCUT2D eigenvalue weighted by Crippen LogP contribution is 1.96. The van der Waals surface area contributed by atoms with Gasteiger partial charge in [-0.05, 0) is 12.3 Å². The summed E-state index contributed by atoms with van der Waals surface area (Å²) >= 11 is 0. The second-order valence-corrected chi connectivity index (χ2v) is 2.51. The second-order valence-electron chi connectivity index (χ2n) is 2.51. The third-order valence-corrected chi connectivity index (χ3v) is 1.41. The summed E-state index contributed by atoms with van der Waals surface area (Å²) in [7, 11) is 0. The number of carboxylic acids is 1. The fourth-order valence-electron chi connectivity index (χ4n) is 0.744. The minimum Gasteiger partial charge on any atom is -0.480 e. The molecule has 0 heterocycles. The number of hydrogen-bond donors (Lipinski definition) is 3. The fourth-order valence-corrected chi connectivity index (χ4v) is 0.744. The molecule has 0 spiro atoms. The van der Waals surface area contributed by atoms with Crippen molar-refractivity contribution >= 4 is 17.8 Å². The van der Waals surface area contributed by atoms with Crippen LogP contribution in [-0.4, -0.2) is 28.9 Å². The number of nitrogens with one attached hydrogen (secondary N) is 1. The van der Waals surface area contributed by atoms with Crippen LogP contribution in [0.1, 0.15) is 12.8 Å². The van der Waals surface area contributed by atoms with E-state index in [1.165, 1.54) is 0 Å². The summed E-state index contributed by atoms with van der Waals surface area (Å²) in [6.07, 6.45) is 4.54. The van der Waals surface area contributed by atoms with Gasteiger partial charge in [0.25, 0.3) is 5.91 Å². The summed E-state index contributed by atoms with van der Waals surface area (Å²) < 4.78 is 0. The van der Waals surface area contributed by atoms with Gasteiger partial charge in [-0.2, -0.15) is 0 Å². The molecule has 0 aliphatic rings. The van der Waals surface area contributed by atoms with Gasteiger partial charge in [0.05, 0.1) is 0 Å². The van der Waals surface area contributed by atoms with Crippen LogP contribution in [0, 0.1) is 12.3 Å². The van der Waals surface area contributed by atoms with Crippen molar-refractivity contribution in [2.45, 2.75) is 18.9 Å². The Balaban J connectivity index is 4.18. The molecule has 76 valence electrons. The Bertz CT molecular complexity index is 292. The van der Waals surface area contributed by atoms with E-state index in [-0.39, 0.29) is 12.8 Å². The van der Waals surface area contributed by atoms with Crippen molar-refractivity contribution < 1.29 is 19.5 Å². The number of hydrogen-bond acceptors (Lipinski definition) is 3. The van der Waals surface area contributed by atoms with E-state index in [1.807, 2.05) is 5.32 Å². The van der Waals surface area contributed by atoms with Gasteiger partial charge in [0.1, 0.15) is 6.04 Å². The zero-order chi connectivity index (χ0) is 11.1. The third kappa shape index (κ3) is 4.77. The molecule has 0 saturated heterocycles. The lowest BCUT2D eigenvalue weighted by molar-refractivity contribution is -0.141. The molecule has 0 fully saturated rings. The van der Waals surface area contributed by atoms with Gasteiger partial charge in [0.15, 0.2) is 0 Å². The Kier molecular flexibility index (Phi) is 4.78. The number of carboxylic acid groups (broad SMARTS) is 1. The van der Waals surface area contributed by atoms with E-state index in [0.717, 1.165) is 0 Å². The molecule has 0 aromatic carbocycles. The monoisotopic (exact) mass is 198 g/mol. The first-order chi connectivity index (χ1) is 6.47. The van der Waals surface area contributed by atoms with Gasteiger partial charge in [0.2, 0.25) is 5.91 Å². The van der Waals surface area contributed by atoms with E-state index in [4.69, 9.17) is 17.3 Å². The van der Waals surface area contributed by atoms with E-state index in [1.54, 1.807) is 5.92 Å². The molecular formula is C8H10N2O4. The SMILES string of the molecule is C#CC(=O)NC(CCC(N)=O)C(=O)O. The van der Waals surface area contributed by atoms with Crippen LogP contribution in [0.3, 0.4) is 0 Å². The molecule has 4 N–H and O–H groups in total. The number of aliphatic carboxylic acids is 1. The zero-order valence-electron chi connectivity index (χ0n) is 7.32. The quantitative estimate of drug-likeness (QED) is 0.465. The van der Waals surface area contributed by atoms with Gasteiger partial charge in [-0.3, -0.25) is 9.59 Å². The lowest BCUT2D eigenvalue weighted by Gasteiger charge is -2.10. The number of rotatable bonds is 5. The number of carbonyl (C=O) groups excluding carboxylic acids is 2. The summed E-state index contributed by atoms with van der Waals surface area (Å²) in [4.78, 5) is 31.5. The number of carbonyl (C=O) groups is 3. The molecule has 2 amide bonds. The van der Waals surface area contributed by atoms with Crippen molar-refractivity contribution in [1.29, 1.82) is 0 Å². The highest BCUT2D eigenvalue weighted by Gasteiger charge is 2.19. The number of amides is 2. The van der Waals surface area contributed by atoms with Crippen molar-refractivity contribution in [3.8, 4) is 12.3 Å². The molecule has 0 radical (unpaired) electrons. The molecule has 1 atom stereocenters. The molecule has 0 rings (SSSR count). The molecular weight excluding hydrogens is 188 g/mol. The molecule has 0 bridgehead atoms. The minimum absolute atomic E-state index is 0.0713. The smallest absolute Gasteiger partial charge is 0.326 e. The van der Waals surface area contributed by atoms with Crippen molar-refractivity contribution in [3.63, 3.8) is 0 Å². The first kappa shape index (κ1) is 12.0. The predicted molar refractivity (Wildman–Crippen MR) is 46.8 cm³/mol. The molecule has 14 heavy (non-hydrogen) atoms. The van der Waals surface area contributed by atoms with E-state index >= 15 is 0 Å². The maximum absolute atomic E-state index is 10.6. The summed E-state index contributed by atoms with van der Waals surface area (Å²) in [5, 5.41) is 10.6. The van der Waals surface area contributed by atoms with E-state index in [9.17, 15) is 14.4 Å². The van der Waals surface area contributed by atoms with Crippen molar-refractivity contribution in [2.24, 2.45) is 5.73 Å². The van der Waals surface area contributed by atoms with Gasteiger partial charge >= 0.3 is 5.97 Å². The Morgan fingerprint density at radius 2 is 2.07 bits per heavy atom. The van der Waals surface area contributed by atoms with Crippen LogP contribution in [0.4, 0.5) is 0 Å². The molecule has 6 nitrogen and oxygen atoms in total. The second kappa shape index (κ2) is 5.59. The van der Waals surface area contributed by atoms with Crippen LogP contribution in [0.15, 0.2) is 0 Å². The third-order valence-electron chi connectivity index (χ3n) is 1.41. The first-order valence-corrected chi connectivity index (χ1v) is 3.75. The van der Waals surface area contributed by atoms with Crippen LogP contribution in [-0.2, 0) is 14.4 Å². The predicted octanol–water partition coefficient (Wildman–Crippen LogP) is -1.55. The molecule has 0 aliphatic heterocycles. The summed E-state index contributed by atoms with van der Waals surface area (Å²) in [5.41, 5.74) is 4.82. The normalized spacial score (nSPS) is 11.1. The Morgan fingerprint density at radius 1 is 1.50 bits per heavy atom. The first-order valence-electron chi connectivity index (χ1n) is 3.75. The van der Waals surface area contributed by atoms with Crippen LogP contribution in [0.25, 0.3) is 0 Å². The van der Waals surface area contributed by atoms with Crippen LogP contribution in [0.5, 0.6) is 0 Å². The van der Waals surface area contributed by atoms with Gasteiger partial charge in [-0.1, -0.05) is 0 Å². The van der Waals surface area contributed by atoms with Crippen LogP contribution >= 0.6 is 0 Å². The summed E-state index contributed by atoms with van der Waals surface area (Å²) in [6, 6.07) is -1.17. The van der Waals surface area contributed by atoms with Crippen molar-refractivity contribution in [2.75, 3.05) is 0 Å². The lowest BCUT2D eigenvalue weighted by atomic mass is 10.1. The average molecular weight is 198 g/mol. The van der Waals surface area contributed by atoms with E-state index in [2.05, 4.69) is 0 Å². The number of nitrogens with two attached hydrogens (primary N) is 1.